The first-order valence-electron chi connectivity index (χ1n) is 9.32. The van der Waals surface area contributed by atoms with Crippen LogP contribution in [-0.4, -0.2) is 73.3 Å². The number of hydrogen-bond donors (Lipinski definition) is 0. The van der Waals surface area contributed by atoms with Gasteiger partial charge in [0, 0.05) is 39.1 Å². The van der Waals surface area contributed by atoms with Gasteiger partial charge in [-0.25, -0.2) is 0 Å². The molecule has 5 heteroatoms. The van der Waals surface area contributed by atoms with Crippen LogP contribution in [0.15, 0.2) is 30.3 Å². The van der Waals surface area contributed by atoms with Gasteiger partial charge in [0.2, 0.25) is 11.8 Å². The number of rotatable bonds is 6. The van der Waals surface area contributed by atoms with Gasteiger partial charge in [-0.15, -0.1) is 0 Å². The Morgan fingerprint density at radius 1 is 1.04 bits per heavy atom. The third-order valence-corrected chi connectivity index (χ3v) is 5.24. The van der Waals surface area contributed by atoms with Crippen molar-refractivity contribution in [3.63, 3.8) is 0 Å². The molecule has 5 nitrogen and oxygen atoms in total. The van der Waals surface area contributed by atoms with Crippen LogP contribution in [0.1, 0.15) is 30.7 Å². The zero-order chi connectivity index (χ0) is 17.8. The Labute approximate surface area is 150 Å². The van der Waals surface area contributed by atoms with E-state index in [2.05, 4.69) is 12.1 Å². The van der Waals surface area contributed by atoms with Crippen LogP contribution in [0.25, 0.3) is 0 Å². The number of nitrogens with zero attached hydrogens (tertiary/aromatic N) is 3. The van der Waals surface area contributed by atoms with E-state index < -0.39 is 0 Å². The SMILES string of the molecule is CN(C)CCC(=O)N1CCN(C(=O)C(c2ccccc2)C2CC2)CC1. The van der Waals surface area contributed by atoms with E-state index in [1.54, 1.807) is 0 Å². The second kappa shape index (κ2) is 8.00. The molecule has 25 heavy (non-hydrogen) atoms. The molecule has 2 aliphatic rings. The molecule has 1 aliphatic carbocycles. The summed E-state index contributed by atoms with van der Waals surface area (Å²) in [4.78, 5) is 31.2. The monoisotopic (exact) mass is 343 g/mol. The van der Waals surface area contributed by atoms with Crippen molar-refractivity contribution in [1.29, 1.82) is 0 Å². The summed E-state index contributed by atoms with van der Waals surface area (Å²) >= 11 is 0. The molecule has 1 unspecified atom stereocenters. The van der Waals surface area contributed by atoms with Gasteiger partial charge in [0.25, 0.3) is 0 Å². The van der Waals surface area contributed by atoms with Gasteiger partial charge in [0.05, 0.1) is 5.92 Å². The lowest BCUT2D eigenvalue weighted by Crippen LogP contribution is -2.52. The van der Waals surface area contributed by atoms with Crippen LogP contribution < -0.4 is 0 Å². The minimum atomic E-state index is -0.00260. The number of carbonyl (C=O) groups excluding carboxylic acids is 2. The van der Waals surface area contributed by atoms with E-state index in [-0.39, 0.29) is 17.7 Å². The smallest absolute Gasteiger partial charge is 0.230 e. The molecular weight excluding hydrogens is 314 g/mol. The van der Waals surface area contributed by atoms with Crippen LogP contribution >= 0.6 is 0 Å². The molecule has 1 aliphatic heterocycles. The lowest BCUT2D eigenvalue weighted by Gasteiger charge is -2.37. The summed E-state index contributed by atoms with van der Waals surface area (Å²) in [5.74, 6) is 0.934. The average molecular weight is 343 g/mol. The van der Waals surface area contributed by atoms with Gasteiger partial charge in [0.1, 0.15) is 0 Å². The number of benzene rings is 1. The molecule has 0 radical (unpaired) electrons. The molecule has 136 valence electrons. The van der Waals surface area contributed by atoms with Crippen molar-refractivity contribution < 1.29 is 9.59 Å². The van der Waals surface area contributed by atoms with Gasteiger partial charge in [-0.3, -0.25) is 9.59 Å². The zero-order valence-corrected chi connectivity index (χ0v) is 15.4. The standard InChI is InChI=1S/C20H29N3O2/c1-21(2)11-10-18(24)22-12-14-23(15-13-22)20(25)19(17-8-9-17)16-6-4-3-5-7-16/h3-7,17,19H,8-15H2,1-2H3. The molecule has 1 aromatic carbocycles. The van der Waals surface area contributed by atoms with Gasteiger partial charge >= 0.3 is 0 Å². The zero-order valence-electron chi connectivity index (χ0n) is 15.4. The first-order valence-corrected chi connectivity index (χ1v) is 9.32. The van der Waals surface area contributed by atoms with Crippen LogP contribution in [-0.2, 0) is 9.59 Å². The summed E-state index contributed by atoms with van der Waals surface area (Å²) in [5, 5.41) is 0. The van der Waals surface area contributed by atoms with E-state index in [1.807, 2.05) is 47.0 Å². The number of hydrogen-bond acceptors (Lipinski definition) is 3. The van der Waals surface area contributed by atoms with Crippen molar-refractivity contribution in [2.24, 2.45) is 5.92 Å². The first-order chi connectivity index (χ1) is 12.1. The highest BCUT2D eigenvalue weighted by Gasteiger charge is 2.40. The number of piperazine rings is 1. The summed E-state index contributed by atoms with van der Waals surface area (Å²) in [5.41, 5.74) is 1.14. The van der Waals surface area contributed by atoms with Crippen LogP contribution in [0.3, 0.4) is 0 Å². The highest BCUT2D eigenvalue weighted by atomic mass is 16.2. The lowest BCUT2D eigenvalue weighted by molar-refractivity contribution is -0.140. The molecule has 0 spiro atoms. The Morgan fingerprint density at radius 3 is 2.20 bits per heavy atom. The van der Waals surface area contributed by atoms with Crippen molar-refractivity contribution in [2.45, 2.75) is 25.2 Å². The molecule has 1 atom stereocenters. The van der Waals surface area contributed by atoms with Crippen molar-refractivity contribution in [3.05, 3.63) is 35.9 Å². The molecule has 0 bridgehead atoms. The molecule has 1 aromatic rings. The van der Waals surface area contributed by atoms with Crippen molar-refractivity contribution in [3.8, 4) is 0 Å². The van der Waals surface area contributed by atoms with Crippen LogP contribution in [0.2, 0.25) is 0 Å². The van der Waals surface area contributed by atoms with Crippen molar-refractivity contribution in [2.75, 3.05) is 46.8 Å². The Bertz CT molecular complexity index is 590. The Balaban J connectivity index is 1.56. The number of amides is 2. The molecule has 2 amide bonds. The molecule has 0 aromatic heterocycles. The number of carbonyl (C=O) groups is 2. The van der Waals surface area contributed by atoms with E-state index in [0.717, 1.165) is 24.9 Å². The Kier molecular flexibility index (Phi) is 5.74. The topological polar surface area (TPSA) is 43.9 Å². The van der Waals surface area contributed by atoms with Crippen molar-refractivity contribution >= 4 is 11.8 Å². The van der Waals surface area contributed by atoms with E-state index in [0.29, 0.717) is 38.5 Å². The van der Waals surface area contributed by atoms with Crippen LogP contribution in [0, 0.1) is 5.92 Å². The molecule has 1 saturated carbocycles. The summed E-state index contributed by atoms with van der Waals surface area (Å²) < 4.78 is 0. The fraction of sp³-hybridized carbons (Fsp3) is 0.600. The summed E-state index contributed by atoms with van der Waals surface area (Å²) in [6.45, 7) is 3.40. The molecule has 2 fully saturated rings. The molecule has 0 N–H and O–H groups in total. The first kappa shape index (κ1) is 17.9. The normalized spacial score (nSPS) is 19.2. The maximum absolute atomic E-state index is 13.1. The van der Waals surface area contributed by atoms with Crippen LogP contribution in [0.4, 0.5) is 0 Å². The van der Waals surface area contributed by atoms with Gasteiger partial charge in [-0.1, -0.05) is 30.3 Å². The summed E-state index contributed by atoms with van der Waals surface area (Å²) in [7, 11) is 3.96. The van der Waals surface area contributed by atoms with E-state index in [1.165, 1.54) is 0 Å². The maximum Gasteiger partial charge on any atom is 0.230 e. The van der Waals surface area contributed by atoms with Gasteiger partial charge in [-0.2, -0.15) is 0 Å². The van der Waals surface area contributed by atoms with Gasteiger partial charge in [-0.05, 0) is 38.4 Å². The maximum atomic E-state index is 13.1. The third kappa shape index (κ3) is 4.60. The Morgan fingerprint density at radius 2 is 1.64 bits per heavy atom. The fourth-order valence-corrected chi connectivity index (χ4v) is 3.56. The summed E-state index contributed by atoms with van der Waals surface area (Å²) in [6, 6.07) is 10.2. The second-order valence-electron chi connectivity index (χ2n) is 7.49. The molecular formula is C20H29N3O2. The largest absolute Gasteiger partial charge is 0.339 e. The van der Waals surface area contributed by atoms with Gasteiger partial charge < -0.3 is 14.7 Å². The van der Waals surface area contributed by atoms with E-state index in [9.17, 15) is 9.59 Å². The predicted molar refractivity (Wildman–Crippen MR) is 98.2 cm³/mol. The van der Waals surface area contributed by atoms with Crippen molar-refractivity contribution in [1.82, 2.24) is 14.7 Å². The Hall–Kier alpha value is -1.88. The average Bonchev–Trinajstić information content (AvgIpc) is 3.46. The second-order valence-corrected chi connectivity index (χ2v) is 7.49. The van der Waals surface area contributed by atoms with Gasteiger partial charge in [0.15, 0.2) is 0 Å². The third-order valence-electron chi connectivity index (χ3n) is 5.24. The highest BCUT2D eigenvalue weighted by molar-refractivity contribution is 5.85. The highest BCUT2D eigenvalue weighted by Crippen LogP contribution is 2.43. The molecule has 3 rings (SSSR count). The van der Waals surface area contributed by atoms with Crippen LogP contribution in [0.5, 0.6) is 0 Å². The quantitative estimate of drug-likeness (QED) is 0.791. The molecule has 1 heterocycles. The fourth-order valence-electron chi connectivity index (χ4n) is 3.56. The minimum Gasteiger partial charge on any atom is -0.339 e. The van der Waals surface area contributed by atoms with E-state index in [4.69, 9.17) is 0 Å². The predicted octanol–water partition coefficient (Wildman–Crippen LogP) is 1.80. The molecule has 1 saturated heterocycles. The van der Waals surface area contributed by atoms with E-state index >= 15 is 0 Å². The lowest BCUT2D eigenvalue weighted by atomic mass is 9.92. The summed E-state index contributed by atoms with van der Waals surface area (Å²) in [6.07, 6.45) is 2.85. The minimum absolute atomic E-state index is 0.00260.